The maximum atomic E-state index is 13.1. The first-order valence-corrected chi connectivity index (χ1v) is 11.9. The second-order valence-corrected chi connectivity index (χ2v) is 9.73. The summed E-state index contributed by atoms with van der Waals surface area (Å²) in [5, 5.41) is 3.00. The highest BCUT2D eigenvalue weighted by Crippen LogP contribution is 2.39. The number of rotatable bonds is 6. The van der Waals surface area contributed by atoms with Crippen LogP contribution in [0.25, 0.3) is 11.1 Å². The lowest BCUT2D eigenvalue weighted by molar-refractivity contribution is -0.138. The number of nitrogens with zero attached hydrogens (tertiary/aromatic N) is 1. The molecule has 2 aromatic rings. The summed E-state index contributed by atoms with van der Waals surface area (Å²) in [4.78, 5) is 26.9. The molecule has 0 aliphatic carbocycles. The van der Waals surface area contributed by atoms with E-state index in [1.807, 2.05) is 17.0 Å². The van der Waals surface area contributed by atoms with E-state index in [1.54, 1.807) is 24.3 Å². The highest BCUT2D eigenvalue weighted by molar-refractivity contribution is 5.94. The summed E-state index contributed by atoms with van der Waals surface area (Å²) in [5.41, 5.74) is 2.28. The lowest BCUT2D eigenvalue weighted by atomic mass is 9.88. The van der Waals surface area contributed by atoms with Gasteiger partial charge < -0.3 is 15.0 Å². The van der Waals surface area contributed by atoms with Gasteiger partial charge in [-0.15, -0.1) is 0 Å². The number of amides is 2. The summed E-state index contributed by atoms with van der Waals surface area (Å²) in [7, 11) is 0. The number of carbonyl (C=O) groups is 2. The molecule has 2 aliphatic rings. The van der Waals surface area contributed by atoms with Gasteiger partial charge in [0.15, 0.2) is 0 Å². The first kappa shape index (κ1) is 23.4. The van der Waals surface area contributed by atoms with Gasteiger partial charge in [-0.25, -0.2) is 4.39 Å². The van der Waals surface area contributed by atoms with E-state index in [-0.39, 0.29) is 29.3 Å². The van der Waals surface area contributed by atoms with Gasteiger partial charge in [0.1, 0.15) is 5.82 Å². The largest absolute Gasteiger partial charge is 0.370 e. The number of likely N-dealkylation sites (tertiary alicyclic amines) is 1. The molecule has 1 spiro atoms. The molecule has 176 valence electrons. The topological polar surface area (TPSA) is 58.6 Å². The summed E-state index contributed by atoms with van der Waals surface area (Å²) < 4.78 is 19.5. The summed E-state index contributed by atoms with van der Waals surface area (Å²) in [6, 6.07) is 13.6. The Morgan fingerprint density at radius 3 is 2.24 bits per heavy atom. The smallest absolute Gasteiger partial charge is 0.251 e. The van der Waals surface area contributed by atoms with Crippen molar-refractivity contribution in [2.24, 2.45) is 5.92 Å². The number of piperidine rings is 1. The van der Waals surface area contributed by atoms with Gasteiger partial charge in [0.25, 0.3) is 5.91 Å². The van der Waals surface area contributed by atoms with Crippen molar-refractivity contribution in [2.45, 2.75) is 57.7 Å². The van der Waals surface area contributed by atoms with E-state index in [4.69, 9.17) is 4.74 Å². The normalized spacial score (nSPS) is 19.8. The number of benzene rings is 2. The minimum absolute atomic E-state index is 0.00496. The zero-order valence-electron chi connectivity index (χ0n) is 19.5. The fraction of sp³-hybridized carbons (Fsp3) is 0.481. The van der Waals surface area contributed by atoms with Crippen LogP contribution in [-0.2, 0) is 9.53 Å². The first-order valence-electron chi connectivity index (χ1n) is 11.9. The Hall–Kier alpha value is -2.73. The number of carbonyl (C=O) groups excluding carboxylic acids is 2. The second-order valence-electron chi connectivity index (χ2n) is 9.73. The van der Waals surface area contributed by atoms with Crippen molar-refractivity contribution in [3.05, 3.63) is 59.9 Å². The zero-order valence-corrected chi connectivity index (χ0v) is 19.5. The molecule has 4 rings (SSSR count). The fourth-order valence-electron chi connectivity index (χ4n) is 4.81. The molecule has 33 heavy (non-hydrogen) atoms. The van der Waals surface area contributed by atoms with Gasteiger partial charge in [-0.1, -0.05) is 38.1 Å². The fourth-order valence-corrected chi connectivity index (χ4v) is 4.81. The molecule has 6 heteroatoms. The van der Waals surface area contributed by atoms with Gasteiger partial charge in [-0.2, -0.15) is 0 Å². The van der Waals surface area contributed by atoms with Crippen LogP contribution >= 0.6 is 0 Å². The van der Waals surface area contributed by atoms with Crippen LogP contribution in [0, 0.1) is 11.7 Å². The molecule has 1 atom stereocenters. The SMILES string of the molecule is CC(C)CC(=O)N1CCC2(CC[C@H](CNC(=O)c3ccc(-c4ccc(F)cc4)cc3)O2)CC1. The minimum Gasteiger partial charge on any atom is -0.370 e. The molecular weight excluding hydrogens is 419 g/mol. The van der Waals surface area contributed by atoms with E-state index >= 15 is 0 Å². The van der Waals surface area contributed by atoms with Crippen molar-refractivity contribution in [1.29, 1.82) is 0 Å². The zero-order chi connectivity index (χ0) is 23.4. The number of hydrogen-bond donors (Lipinski definition) is 1. The molecule has 0 aromatic heterocycles. The molecule has 5 nitrogen and oxygen atoms in total. The van der Waals surface area contributed by atoms with Gasteiger partial charge in [-0.3, -0.25) is 9.59 Å². The average Bonchev–Trinajstić information content (AvgIpc) is 3.20. The number of halogens is 1. The van der Waals surface area contributed by atoms with Crippen LogP contribution in [0.2, 0.25) is 0 Å². The molecular formula is C27H33FN2O3. The quantitative estimate of drug-likeness (QED) is 0.684. The molecule has 2 aromatic carbocycles. The van der Waals surface area contributed by atoms with Crippen LogP contribution in [0.1, 0.15) is 56.3 Å². The average molecular weight is 453 g/mol. The molecule has 1 N–H and O–H groups in total. The lowest BCUT2D eigenvalue weighted by Gasteiger charge is -2.39. The molecule has 0 bridgehead atoms. The number of hydrogen-bond acceptors (Lipinski definition) is 3. The van der Waals surface area contributed by atoms with E-state index in [0.29, 0.717) is 24.4 Å². The van der Waals surface area contributed by atoms with Crippen molar-refractivity contribution in [1.82, 2.24) is 10.2 Å². The van der Waals surface area contributed by atoms with E-state index in [0.717, 1.165) is 49.9 Å². The standard InChI is InChI=1S/C27H33FN2O3/c1-19(2)17-25(31)30-15-13-27(14-16-30)12-11-24(33-27)18-29-26(32)22-5-3-20(4-6-22)21-7-9-23(28)10-8-21/h3-10,19,24H,11-18H2,1-2H3,(H,29,32)/t24-/m1/s1. The van der Waals surface area contributed by atoms with Crippen molar-refractivity contribution >= 4 is 11.8 Å². The third-order valence-electron chi connectivity index (χ3n) is 6.76. The Kier molecular flexibility index (Phi) is 7.13. The van der Waals surface area contributed by atoms with Crippen molar-refractivity contribution < 1.29 is 18.7 Å². The Bertz CT molecular complexity index is 964. The number of nitrogens with one attached hydrogen (secondary N) is 1. The maximum Gasteiger partial charge on any atom is 0.251 e. The van der Waals surface area contributed by atoms with E-state index in [1.165, 1.54) is 12.1 Å². The molecule has 2 fully saturated rings. The van der Waals surface area contributed by atoms with Crippen LogP contribution in [0.15, 0.2) is 48.5 Å². The number of ether oxygens (including phenoxy) is 1. The Balaban J connectivity index is 1.24. The molecule has 2 amide bonds. The van der Waals surface area contributed by atoms with Crippen LogP contribution < -0.4 is 5.32 Å². The van der Waals surface area contributed by atoms with E-state index in [9.17, 15) is 14.0 Å². The van der Waals surface area contributed by atoms with Gasteiger partial charge in [0.2, 0.25) is 5.91 Å². The minimum atomic E-state index is -0.268. The van der Waals surface area contributed by atoms with Crippen LogP contribution in [0.5, 0.6) is 0 Å². The van der Waals surface area contributed by atoms with Crippen molar-refractivity contribution in [3.63, 3.8) is 0 Å². The van der Waals surface area contributed by atoms with Crippen LogP contribution in [-0.4, -0.2) is 48.1 Å². The maximum absolute atomic E-state index is 13.1. The molecule has 0 saturated carbocycles. The summed E-state index contributed by atoms with van der Waals surface area (Å²) in [6.07, 6.45) is 4.24. The van der Waals surface area contributed by atoms with Gasteiger partial charge in [0, 0.05) is 31.6 Å². The van der Waals surface area contributed by atoms with Gasteiger partial charge >= 0.3 is 0 Å². The monoisotopic (exact) mass is 452 g/mol. The summed E-state index contributed by atoms with van der Waals surface area (Å²) in [6.45, 7) is 6.14. The van der Waals surface area contributed by atoms with Crippen LogP contribution in [0.4, 0.5) is 4.39 Å². The van der Waals surface area contributed by atoms with Gasteiger partial charge in [-0.05, 0) is 67.0 Å². The van der Waals surface area contributed by atoms with Crippen LogP contribution in [0.3, 0.4) is 0 Å². The van der Waals surface area contributed by atoms with Gasteiger partial charge in [0.05, 0.1) is 11.7 Å². The molecule has 2 aliphatic heterocycles. The second kappa shape index (κ2) is 10.0. The lowest BCUT2D eigenvalue weighted by Crippen LogP contribution is -2.47. The third kappa shape index (κ3) is 5.80. The predicted octanol–water partition coefficient (Wildman–Crippen LogP) is 4.81. The Labute approximate surface area is 195 Å². The summed E-state index contributed by atoms with van der Waals surface area (Å²) >= 11 is 0. The third-order valence-corrected chi connectivity index (χ3v) is 6.76. The molecule has 2 heterocycles. The molecule has 0 unspecified atom stereocenters. The Morgan fingerprint density at radius 2 is 1.64 bits per heavy atom. The summed E-state index contributed by atoms with van der Waals surface area (Å²) in [5.74, 6) is 0.227. The highest BCUT2D eigenvalue weighted by atomic mass is 19.1. The Morgan fingerprint density at radius 1 is 1.03 bits per heavy atom. The molecule has 0 radical (unpaired) electrons. The van der Waals surface area contributed by atoms with Crippen molar-refractivity contribution in [3.8, 4) is 11.1 Å². The van der Waals surface area contributed by atoms with E-state index < -0.39 is 0 Å². The first-order chi connectivity index (χ1) is 15.8. The van der Waals surface area contributed by atoms with E-state index in [2.05, 4.69) is 19.2 Å². The predicted molar refractivity (Wildman–Crippen MR) is 126 cm³/mol. The molecule has 2 saturated heterocycles. The highest BCUT2D eigenvalue weighted by Gasteiger charge is 2.43. The van der Waals surface area contributed by atoms with Crippen molar-refractivity contribution in [2.75, 3.05) is 19.6 Å².